The van der Waals surface area contributed by atoms with Gasteiger partial charge in [-0.1, -0.05) is 0 Å². The summed E-state index contributed by atoms with van der Waals surface area (Å²) in [6.07, 6.45) is 1.22. The van der Waals surface area contributed by atoms with Crippen molar-refractivity contribution in [3.8, 4) is 0 Å². The number of likely N-dealkylation sites (tertiary alicyclic amines) is 1. The zero-order valence-corrected chi connectivity index (χ0v) is 9.89. The summed E-state index contributed by atoms with van der Waals surface area (Å²) in [7, 11) is 0. The van der Waals surface area contributed by atoms with Crippen LogP contribution in [0.4, 0.5) is 0 Å². The fraction of sp³-hybridized carbons (Fsp3) is 0.727. The molecule has 1 aliphatic rings. The highest BCUT2D eigenvalue weighted by Crippen LogP contribution is 2.22. The molecule has 96 valence electrons. The number of carbonyl (C=O) groups excluding carboxylic acids is 2. The maximum atomic E-state index is 11.8. The molecule has 1 fully saturated rings. The Hall–Kier alpha value is -1.59. The molecule has 1 rings (SSSR count). The van der Waals surface area contributed by atoms with Crippen molar-refractivity contribution in [1.82, 2.24) is 4.90 Å². The summed E-state index contributed by atoms with van der Waals surface area (Å²) in [6, 6.07) is 0.0481. The Morgan fingerprint density at radius 2 is 1.94 bits per heavy atom. The van der Waals surface area contributed by atoms with Gasteiger partial charge in [-0.3, -0.25) is 14.4 Å². The van der Waals surface area contributed by atoms with Crippen LogP contribution in [0.2, 0.25) is 0 Å². The Morgan fingerprint density at radius 1 is 1.29 bits per heavy atom. The molecule has 1 heterocycles. The highest BCUT2D eigenvalue weighted by atomic mass is 16.4. The van der Waals surface area contributed by atoms with Crippen LogP contribution in [0.25, 0.3) is 0 Å². The van der Waals surface area contributed by atoms with E-state index in [1.807, 2.05) is 6.92 Å². The molecule has 0 spiro atoms. The number of carboxylic acid groups (broad SMARTS) is 1. The molecule has 0 aliphatic carbocycles. The van der Waals surface area contributed by atoms with Crippen LogP contribution in [0.5, 0.6) is 0 Å². The summed E-state index contributed by atoms with van der Waals surface area (Å²) in [5.74, 6) is -1.91. The summed E-state index contributed by atoms with van der Waals surface area (Å²) in [5, 5.41) is 8.52. The number of rotatable bonds is 4. The first kappa shape index (κ1) is 13.5. The van der Waals surface area contributed by atoms with E-state index in [1.54, 1.807) is 4.90 Å². The summed E-state index contributed by atoms with van der Waals surface area (Å²) >= 11 is 0. The zero-order valence-electron chi connectivity index (χ0n) is 9.89. The number of amides is 2. The van der Waals surface area contributed by atoms with Crippen LogP contribution in [-0.4, -0.2) is 40.4 Å². The number of carboxylic acids is 1. The van der Waals surface area contributed by atoms with Crippen molar-refractivity contribution in [1.29, 1.82) is 0 Å². The van der Waals surface area contributed by atoms with Crippen LogP contribution in [-0.2, 0) is 14.4 Å². The fourth-order valence-corrected chi connectivity index (χ4v) is 2.04. The molecule has 1 saturated heterocycles. The van der Waals surface area contributed by atoms with Gasteiger partial charge in [-0.2, -0.15) is 0 Å². The van der Waals surface area contributed by atoms with E-state index in [4.69, 9.17) is 10.8 Å². The van der Waals surface area contributed by atoms with Gasteiger partial charge in [0.1, 0.15) is 0 Å². The second-order valence-corrected chi connectivity index (χ2v) is 4.47. The lowest BCUT2D eigenvalue weighted by Crippen LogP contribution is -2.48. The topological polar surface area (TPSA) is 101 Å². The van der Waals surface area contributed by atoms with Gasteiger partial charge >= 0.3 is 5.97 Å². The van der Waals surface area contributed by atoms with Crippen molar-refractivity contribution in [2.75, 3.05) is 6.54 Å². The monoisotopic (exact) mass is 242 g/mol. The largest absolute Gasteiger partial charge is 0.481 e. The third-order valence-corrected chi connectivity index (χ3v) is 3.16. The molecule has 2 amide bonds. The molecule has 17 heavy (non-hydrogen) atoms. The number of nitrogens with zero attached hydrogens (tertiary/aromatic N) is 1. The first-order chi connectivity index (χ1) is 7.91. The molecule has 0 aromatic heterocycles. The average Bonchev–Trinajstić information content (AvgIpc) is 2.26. The summed E-state index contributed by atoms with van der Waals surface area (Å²) in [5.41, 5.74) is 5.23. The molecule has 6 heteroatoms. The van der Waals surface area contributed by atoms with E-state index < -0.39 is 11.9 Å². The summed E-state index contributed by atoms with van der Waals surface area (Å²) in [4.78, 5) is 34.8. The second-order valence-electron chi connectivity index (χ2n) is 4.47. The molecular formula is C11H18N2O4. The molecule has 1 aliphatic heterocycles. The summed E-state index contributed by atoms with van der Waals surface area (Å²) in [6.45, 7) is 2.21. The second kappa shape index (κ2) is 5.65. The lowest BCUT2D eigenvalue weighted by molar-refractivity contribution is -0.143. The van der Waals surface area contributed by atoms with E-state index >= 15 is 0 Å². The maximum Gasteiger partial charge on any atom is 0.303 e. The molecule has 0 aromatic carbocycles. The minimum atomic E-state index is -0.991. The summed E-state index contributed by atoms with van der Waals surface area (Å²) < 4.78 is 0. The Bertz CT molecular complexity index is 329. The minimum Gasteiger partial charge on any atom is -0.481 e. The van der Waals surface area contributed by atoms with Gasteiger partial charge in [-0.25, -0.2) is 0 Å². The Morgan fingerprint density at radius 3 is 2.47 bits per heavy atom. The normalized spacial score (nSPS) is 24.4. The van der Waals surface area contributed by atoms with E-state index in [-0.39, 0.29) is 30.7 Å². The van der Waals surface area contributed by atoms with Gasteiger partial charge in [0, 0.05) is 19.0 Å². The van der Waals surface area contributed by atoms with Crippen LogP contribution in [0.3, 0.4) is 0 Å². The van der Waals surface area contributed by atoms with E-state index in [9.17, 15) is 14.4 Å². The van der Waals surface area contributed by atoms with Crippen molar-refractivity contribution >= 4 is 17.8 Å². The van der Waals surface area contributed by atoms with Gasteiger partial charge < -0.3 is 15.7 Å². The number of primary amides is 1. The smallest absolute Gasteiger partial charge is 0.303 e. The lowest BCUT2D eigenvalue weighted by Gasteiger charge is -2.36. The standard InChI is InChI=1S/C11H18N2O4/c1-7-2-3-8(11(12)17)6-13(7)9(14)4-5-10(15)16/h7-8H,2-6H2,1H3,(H2,12,17)(H,15,16). The predicted molar refractivity (Wildman–Crippen MR) is 60.0 cm³/mol. The molecule has 2 unspecified atom stereocenters. The van der Waals surface area contributed by atoms with Crippen LogP contribution >= 0.6 is 0 Å². The predicted octanol–water partition coefficient (Wildman–Crippen LogP) is -0.0364. The van der Waals surface area contributed by atoms with E-state index in [2.05, 4.69) is 0 Å². The molecule has 3 N–H and O–H groups in total. The first-order valence-corrected chi connectivity index (χ1v) is 5.72. The zero-order chi connectivity index (χ0) is 13.0. The van der Waals surface area contributed by atoms with Crippen molar-refractivity contribution in [3.05, 3.63) is 0 Å². The van der Waals surface area contributed by atoms with Crippen LogP contribution in [0, 0.1) is 5.92 Å². The molecule has 0 saturated carbocycles. The van der Waals surface area contributed by atoms with E-state index in [0.717, 1.165) is 6.42 Å². The minimum absolute atomic E-state index is 0.0227. The van der Waals surface area contributed by atoms with Crippen molar-refractivity contribution in [2.45, 2.75) is 38.6 Å². The number of aliphatic carboxylic acids is 1. The van der Waals surface area contributed by atoms with Crippen molar-refractivity contribution < 1.29 is 19.5 Å². The van der Waals surface area contributed by atoms with Crippen LogP contribution in [0.1, 0.15) is 32.6 Å². The Labute approximate surface area is 99.8 Å². The number of carbonyl (C=O) groups is 3. The SMILES string of the molecule is CC1CCC(C(N)=O)CN1C(=O)CCC(=O)O. The highest BCUT2D eigenvalue weighted by Gasteiger charge is 2.31. The van der Waals surface area contributed by atoms with Gasteiger partial charge in [0.2, 0.25) is 11.8 Å². The molecule has 0 radical (unpaired) electrons. The third kappa shape index (κ3) is 3.72. The molecular weight excluding hydrogens is 224 g/mol. The lowest BCUT2D eigenvalue weighted by atomic mass is 9.92. The van der Waals surface area contributed by atoms with E-state index in [1.165, 1.54) is 0 Å². The van der Waals surface area contributed by atoms with Gasteiger partial charge in [0.05, 0.1) is 12.3 Å². The number of nitrogens with two attached hydrogens (primary N) is 1. The Balaban J connectivity index is 2.57. The fourth-order valence-electron chi connectivity index (χ4n) is 2.04. The van der Waals surface area contributed by atoms with E-state index in [0.29, 0.717) is 13.0 Å². The first-order valence-electron chi connectivity index (χ1n) is 5.72. The average molecular weight is 242 g/mol. The maximum absolute atomic E-state index is 11.8. The molecule has 2 atom stereocenters. The van der Waals surface area contributed by atoms with Crippen LogP contribution in [0.15, 0.2) is 0 Å². The van der Waals surface area contributed by atoms with Crippen molar-refractivity contribution in [2.24, 2.45) is 11.7 Å². The van der Waals surface area contributed by atoms with Crippen molar-refractivity contribution in [3.63, 3.8) is 0 Å². The highest BCUT2D eigenvalue weighted by molar-refractivity contribution is 5.82. The Kier molecular flexibility index (Phi) is 4.48. The van der Waals surface area contributed by atoms with Gasteiger partial charge in [-0.05, 0) is 19.8 Å². The number of hydrogen-bond donors (Lipinski definition) is 2. The molecule has 0 bridgehead atoms. The quantitative estimate of drug-likeness (QED) is 0.722. The van der Waals surface area contributed by atoms with Gasteiger partial charge in [-0.15, -0.1) is 0 Å². The third-order valence-electron chi connectivity index (χ3n) is 3.16. The molecule has 6 nitrogen and oxygen atoms in total. The van der Waals surface area contributed by atoms with Gasteiger partial charge in [0.25, 0.3) is 0 Å². The van der Waals surface area contributed by atoms with Crippen LogP contribution < -0.4 is 5.73 Å². The number of hydrogen-bond acceptors (Lipinski definition) is 3. The van der Waals surface area contributed by atoms with Gasteiger partial charge in [0.15, 0.2) is 0 Å². The molecule has 0 aromatic rings. The number of piperidine rings is 1.